The first-order valence-corrected chi connectivity index (χ1v) is 9.02. The van der Waals surface area contributed by atoms with Crippen molar-refractivity contribution in [3.63, 3.8) is 0 Å². The van der Waals surface area contributed by atoms with Gasteiger partial charge >= 0.3 is 0 Å². The number of amides is 2. The number of hydrogen-bond acceptors (Lipinski definition) is 2. The summed E-state index contributed by atoms with van der Waals surface area (Å²) in [7, 11) is 0. The lowest BCUT2D eigenvalue weighted by molar-refractivity contribution is -0.115. The number of carbonyl (C=O) groups is 2. The lowest BCUT2D eigenvalue weighted by Crippen LogP contribution is -2.28. The zero-order valence-electron chi connectivity index (χ0n) is 15.5. The Morgan fingerprint density at radius 1 is 0.893 bits per heavy atom. The van der Waals surface area contributed by atoms with Crippen molar-refractivity contribution < 1.29 is 14.0 Å². The molecule has 0 aliphatic rings. The second-order valence-electron chi connectivity index (χ2n) is 6.50. The second-order valence-corrected chi connectivity index (χ2v) is 6.50. The number of carbonyl (C=O) groups excluding carboxylic acids is 2. The topological polar surface area (TPSA) is 58.2 Å². The first kappa shape index (κ1) is 19.3. The highest BCUT2D eigenvalue weighted by molar-refractivity contribution is 6.04. The van der Waals surface area contributed by atoms with Gasteiger partial charge in [0.1, 0.15) is 5.82 Å². The molecule has 3 aromatic carbocycles. The average Bonchev–Trinajstić information content (AvgIpc) is 2.70. The van der Waals surface area contributed by atoms with Crippen molar-refractivity contribution in [1.29, 1.82) is 0 Å². The number of benzene rings is 3. The molecule has 0 spiro atoms. The summed E-state index contributed by atoms with van der Waals surface area (Å²) in [6, 6.07) is 22.1. The summed E-state index contributed by atoms with van der Waals surface area (Å²) in [6.07, 6.45) is 0.0939. The van der Waals surface area contributed by atoms with Crippen molar-refractivity contribution in [2.24, 2.45) is 0 Å². The molecule has 4 nitrogen and oxygen atoms in total. The van der Waals surface area contributed by atoms with Crippen LogP contribution in [0.3, 0.4) is 0 Å². The summed E-state index contributed by atoms with van der Waals surface area (Å²) in [4.78, 5) is 25.1. The number of para-hydroxylation sites is 1. The molecule has 142 valence electrons. The Kier molecular flexibility index (Phi) is 6.17. The van der Waals surface area contributed by atoms with Gasteiger partial charge in [-0.3, -0.25) is 9.59 Å². The van der Waals surface area contributed by atoms with E-state index in [2.05, 4.69) is 10.6 Å². The van der Waals surface area contributed by atoms with Crippen LogP contribution in [-0.4, -0.2) is 11.8 Å². The van der Waals surface area contributed by atoms with Crippen molar-refractivity contribution in [3.8, 4) is 0 Å². The van der Waals surface area contributed by atoms with Gasteiger partial charge in [-0.1, -0.05) is 54.6 Å². The number of nitrogens with one attached hydrogen (secondary N) is 2. The van der Waals surface area contributed by atoms with E-state index in [1.54, 1.807) is 36.4 Å². The van der Waals surface area contributed by atoms with Gasteiger partial charge in [-0.25, -0.2) is 4.39 Å². The summed E-state index contributed by atoms with van der Waals surface area (Å²) < 4.78 is 13.0. The highest BCUT2D eigenvalue weighted by Gasteiger charge is 2.16. The van der Waals surface area contributed by atoms with Gasteiger partial charge in [0, 0.05) is 0 Å². The molecule has 2 N–H and O–H groups in total. The maximum Gasteiger partial charge on any atom is 0.253 e. The van der Waals surface area contributed by atoms with E-state index in [9.17, 15) is 14.0 Å². The van der Waals surface area contributed by atoms with E-state index in [1.165, 1.54) is 12.1 Å². The largest absolute Gasteiger partial charge is 0.345 e. The molecule has 3 aromatic rings. The van der Waals surface area contributed by atoms with Crippen LogP contribution in [0.2, 0.25) is 0 Å². The molecule has 5 heteroatoms. The molecule has 1 atom stereocenters. The zero-order valence-corrected chi connectivity index (χ0v) is 15.5. The molecule has 0 aliphatic heterocycles. The first-order valence-electron chi connectivity index (χ1n) is 9.02. The van der Waals surface area contributed by atoms with E-state index >= 15 is 0 Å². The highest BCUT2D eigenvalue weighted by Crippen LogP contribution is 2.18. The number of anilines is 1. The second kappa shape index (κ2) is 8.95. The van der Waals surface area contributed by atoms with Gasteiger partial charge in [-0.15, -0.1) is 0 Å². The molecule has 0 unspecified atom stereocenters. The average molecular weight is 376 g/mol. The Labute approximate surface area is 163 Å². The van der Waals surface area contributed by atoms with E-state index in [0.29, 0.717) is 16.8 Å². The van der Waals surface area contributed by atoms with Crippen molar-refractivity contribution in [3.05, 3.63) is 101 Å². The summed E-state index contributed by atoms with van der Waals surface area (Å²) in [6.45, 7) is 1.91. The maximum atomic E-state index is 13.0. The summed E-state index contributed by atoms with van der Waals surface area (Å²) in [5.74, 6) is -0.893. The van der Waals surface area contributed by atoms with Crippen LogP contribution >= 0.6 is 0 Å². The normalized spacial score (nSPS) is 11.5. The predicted molar refractivity (Wildman–Crippen MR) is 107 cm³/mol. The fourth-order valence-electron chi connectivity index (χ4n) is 2.87. The third-order valence-corrected chi connectivity index (χ3v) is 4.37. The van der Waals surface area contributed by atoms with Gasteiger partial charge in [0.15, 0.2) is 0 Å². The maximum absolute atomic E-state index is 13.0. The monoisotopic (exact) mass is 376 g/mol. The number of rotatable bonds is 6. The van der Waals surface area contributed by atoms with Gasteiger partial charge in [-0.05, 0) is 42.3 Å². The molecule has 0 heterocycles. The molecule has 2 amide bonds. The van der Waals surface area contributed by atoms with Gasteiger partial charge in [0.25, 0.3) is 5.91 Å². The lowest BCUT2D eigenvalue weighted by Gasteiger charge is -2.16. The molecular formula is C23H21FN2O2. The molecule has 0 bridgehead atoms. The summed E-state index contributed by atoms with van der Waals surface area (Å²) in [5, 5.41) is 5.72. The molecule has 3 rings (SSSR count). The molecule has 0 aromatic heterocycles. The molecule has 0 saturated heterocycles. The highest BCUT2D eigenvalue weighted by atomic mass is 19.1. The predicted octanol–water partition coefficient (Wildman–Crippen LogP) is 4.50. The number of hydrogen-bond donors (Lipinski definition) is 2. The van der Waals surface area contributed by atoms with Crippen LogP contribution in [0.4, 0.5) is 10.1 Å². The van der Waals surface area contributed by atoms with Gasteiger partial charge in [0.2, 0.25) is 5.91 Å². The Bertz CT molecular complexity index is 956. The molecular weight excluding hydrogens is 355 g/mol. The van der Waals surface area contributed by atoms with Crippen molar-refractivity contribution in [1.82, 2.24) is 5.32 Å². The fourth-order valence-corrected chi connectivity index (χ4v) is 2.87. The third-order valence-electron chi connectivity index (χ3n) is 4.37. The molecule has 0 aliphatic carbocycles. The van der Waals surface area contributed by atoms with Crippen LogP contribution in [0.25, 0.3) is 0 Å². The molecule has 0 radical (unpaired) electrons. The van der Waals surface area contributed by atoms with Crippen LogP contribution in [0.15, 0.2) is 78.9 Å². The number of halogens is 1. The van der Waals surface area contributed by atoms with E-state index < -0.39 is 0 Å². The van der Waals surface area contributed by atoms with Crippen LogP contribution in [-0.2, 0) is 11.2 Å². The van der Waals surface area contributed by atoms with E-state index in [-0.39, 0.29) is 30.1 Å². The van der Waals surface area contributed by atoms with E-state index in [1.807, 2.05) is 37.3 Å². The molecule has 0 saturated carbocycles. The molecule has 28 heavy (non-hydrogen) atoms. The SMILES string of the molecule is C[C@@H](NC(=O)c1ccccc1NC(=O)Cc1ccc(F)cc1)c1ccccc1. The summed E-state index contributed by atoms with van der Waals surface area (Å²) >= 11 is 0. The van der Waals surface area contributed by atoms with E-state index in [4.69, 9.17) is 0 Å². The minimum absolute atomic E-state index is 0.0939. The quantitative estimate of drug-likeness (QED) is 0.666. The van der Waals surface area contributed by atoms with Gasteiger partial charge in [-0.2, -0.15) is 0 Å². The smallest absolute Gasteiger partial charge is 0.253 e. The van der Waals surface area contributed by atoms with Crippen molar-refractivity contribution >= 4 is 17.5 Å². The third kappa shape index (κ3) is 5.04. The Morgan fingerprint density at radius 3 is 2.25 bits per heavy atom. The van der Waals surface area contributed by atoms with Crippen molar-refractivity contribution in [2.75, 3.05) is 5.32 Å². The zero-order chi connectivity index (χ0) is 19.9. The Morgan fingerprint density at radius 2 is 1.54 bits per heavy atom. The minimum Gasteiger partial charge on any atom is -0.345 e. The van der Waals surface area contributed by atoms with Crippen LogP contribution in [0, 0.1) is 5.82 Å². The minimum atomic E-state index is -0.348. The van der Waals surface area contributed by atoms with Gasteiger partial charge in [0.05, 0.1) is 23.7 Å². The first-order chi connectivity index (χ1) is 13.5. The van der Waals surface area contributed by atoms with Crippen LogP contribution < -0.4 is 10.6 Å². The fraction of sp³-hybridized carbons (Fsp3) is 0.130. The van der Waals surface area contributed by atoms with Gasteiger partial charge < -0.3 is 10.6 Å². The lowest BCUT2D eigenvalue weighted by atomic mass is 10.1. The summed E-state index contributed by atoms with van der Waals surface area (Å²) in [5.41, 5.74) is 2.51. The van der Waals surface area contributed by atoms with E-state index in [0.717, 1.165) is 5.56 Å². The standard InChI is InChI=1S/C23H21FN2O2/c1-16(18-7-3-2-4-8-18)25-23(28)20-9-5-6-10-21(20)26-22(27)15-17-11-13-19(24)14-12-17/h2-14,16H,15H2,1H3,(H,25,28)(H,26,27)/t16-/m1/s1. The molecule has 0 fully saturated rings. The Hall–Kier alpha value is -3.47. The van der Waals surface area contributed by atoms with Crippen LogP contribution in [0.5, 0.6) is 0 Å². The van der Waals surface area contributed by atoms with Crippen LogP contribution in [0.1, 0.15) is 34.5 Å². The Balaban J connectivity index is 1.69. The van der Waals surface area contributed by atoms with Crippen molar-refractivity contribution in [2.45, 2.75) is 19.4 Å².